The molecule has 0 saturated carbocycles. The lowest BCUT2D eigenvalue weighted by atomic mass is 10.1. The van der Waals surface area contributed by atoms with Gasteiger partial charge in [-0.1, -0.05) is 12.1 Å². The molecule has 0 aliphatic rings. The summed E-state index contributed by atoms with van der Waals surface area (Å²) in [5.74, 6) is 0. The summed E-state index contributed by atoms with van der Waals surface area (Å²) in [5, 5.41) is 9.23. The first-order valence-corrected chi connectivity index (χ1v) is 4.11. The van der Waals surface area contributed by atoms with Crippen LogP contribution in [0.15, 0.2) is 24.3 Å². The maximum Gasteiger partial charge on any atom is 0.213 e. The molecule has 0 fully saturated rings. The molecule has 13 heavy (non-hydrogen) atoms. The molecule has 1 aromatic carbocycles. The number of aliphatic hydroxyl groups is 1. The normalized spacial score (nSPS) is 12.2. The lowest BCUT2D eigenvalue weighted by Crippen LogP contribution is -2.13. The van der Waals surface area contributed by atoms with Crippen LogP contribution in [0.5, 0.6) is 0 Å². The number of carbonyl (C=O) groups excluding carboxylic acids is 1. The summed E-state index contributed by atoms with van der Waals surface area (Å²) in [4.78, 5) is 11.9. The molecule has 1 rings (SSSR count). The van der Waals surface area contributed by atoms with E-state index in [-0.39, 0.29) is 0 Å². The number of rotatable bonds is 3. The first-order chi connectivity index (χ1) is 6.15. The molecule has 1 atom stereocenters. The second kappa shape index (κ2) is 4.05. The van der Waals surface area contributed by atoms with Crippen molar-refractivity contribution in [2.45, 2.75) is 13.0 Å². The third kappa shape index (κ3) is 2.29. The molecule has 0 unspecified atom stereocenters. The Morgan fingerprint density at radius 2 is 1.92 bits per heavy atom. The number of hydrogen-bond donors (Lipinski definition) is 1. The van der Waals surface area contributed by atoms with E-state index in [9.17, 15) is 9.90 Å². The zero-order valence-corrected chi connectivity index (χ0v) is 7.77. The van der Waals surface area contributed by atoms with Gasteiger partial charge in [0.05, 0.1) is 6.10 Å². The van der Waals surface area contributed by atoms with Crippen LogP contribution in [0.4, 0.5) is 5.69 Å². The molecule has 0 aliphatic carbocycles. The van der Waals surface area contributed by atoms with Crippen LogP contribution in [0, 0.1) is 0 Å². The Morgan fingerprint density at radius 3 is 2.31 bits per heavy atom. The zero-order chi connectivity index (χ0) is 9.84. The highest BCUT2D eigenvalue weighted by molar-refractivity contribution is 5.74. The zero-order valence-electron chi connectivity index (χ0n) is 7.77. The van der Waals surface area contributed by atoms with Crippen LogP contribution in [0.25, 0.3) is 0 Å². The van der Waals surface area contributed by atoms with Crippen molar-refractivity contribution < 1.29 is 9.90 Å². The van der Waals surface area contributed by atoms with Crippen molar-refractivity contribution in [3.05, 3.63) is 29.8 Å². The highest BCUT2D eigenvalue weighted by Crippen LogP contribution is 2.16. The summed E-state index contributed by atoms with van der Waals surface area (Å²) in [7, 11) is 1.68. The first-order valence-electron chi connectivity index (χ1n) is 4.11. The summed E-state index contributed by atoms with van der Waals surface area (Å²) in [6.07, 6.45) is 0.285. The van der Waals surface area contributed by atoms with E-state index in [1.807, 2.05) is 0 Å². The van der Waals surface area contributed by atoms with Crippen LogP contribution >= 0.6 is 0 Å². The highest BCUT2D eigenvalue weighted by Gasteiger charge is 2.01. The van der Waals surface area contributed by atoms with Crippen molar-refractivity contribution in [1.29, 1.82) is 0 Å². The number of benzene rings is 1. The molecule has 1 amide bonds. The third-order valence-electron chi connectivity index (χ3n) is 1.94. The van der Waals surface area contributed by atoms with Crippen LogP contribution < -0.4 is 4.90 Å². The molecule has 3 heteroatoms. The van der Waals surface area contributed by atoms with E-state index < -0.39 is 6.10 Å². The van der Waals surface area contributed by atoms with Crippen molar-refractivity contribution in [2.75, 3.05) is 11.9 Å². The summed E-state index contributed by atoms with van der Waals surface area (Å²) < 4.78 is 0. The number of hydrogen-bond acceptors (Lipinski definition) is 2. The number of anilines is 1. The van der Waals surface area contributed by atoms with E-state index in [0.29, 0.717) is 0 Å². The molecule has 0 bridgehead atoms. The van der Waals surface area contributed by atoms with E-state index in [4.69, 9.17) is 0 Å². The van der Waals surface area contributed by atoms with E-state index in [2.05, 4.69) is 0 Å². The van der Waals surface area contributed by atoms with E-state index in [1.165, 1.54) is 4.90 Å². The maximum atomic E-state index is 10.4. The number of aliphatic hydroxyl groups excluding tert-OH is 1. The van der Waals surface area contributed by atoms with Crippen molar-refractivity contribution in [2.24, 2.45) is 0 Å². The molecule has 3 nitrogen and oxygen atoms in total. The summed E-state index contributed by atoms with van der Waals surface area (Å²) in [6, 6.07) is 7.22. The fourth-order valence-electron chi connectivity index (χ4n) is 1.05. The van der Waals surface area contributed by atoms with Crippen LogP contribution in [0.3, 0.4) is 0 Å². The monoisotopic (exact) mass is 179 g/mol. The first kappa shape index (κ1) is 9.74. The largest absolute Gasteiger partial charge is 0.389 e. The average molecular weight is 179 g/mol. The SMILES string of the molecule is C[C@H](O)c1ccc(N(C)C=O)cc1. The van der Waals surface area contributed by atoms with Gasteiger partial charge in [0, 0.05) is 12.7 Å². The lowest BCUT2D eigenvalue weighted by Gasteiger charge is -2.11. The molecule has 0 saturated heterocycles. The van der Waals surface area contributed by atoms with Gasteiger partial charge in [-0.05, 0) is 24.6 Å². The predicted molar refractivity (Wildman–Crippen MR) is 51.5 cm³/mol. The van der Waals surface area contributed by atoms with Gasteiger partial charge in [-0.2, -0.15) is 0 Å². The Hall–Kier alpha value is -1.35. The Labute approximate surface area is 77.6 Å². The second-order valence-corrected chi connectivity index (χ2v) is 2.98. The number of amides is 1. The predicted octanol–water partition coefficient (Wildman–Crippen LogP) is 1.33. The van der Waals surface area contributed by atoms with Crippen molar-refractivity contribution >= 4 is 12.1 Å². The van der Waals surface area contributed by atoms with Gasteiger partial charge in [0.2, 0.25) is 6.41 Å². The maximum absolute atomic E-state index is 10.4. The Bertz CT molecular complexity index is 279. The Balaban J connectivity index is 2.87. The molecule has 70 valence electrons. The average Bonchev–Trinajstić information content (AvgIpc) is 2.17. The van der Waals surface area contributed by atoms with Crippen molar-refractivity contribution in [1.82, 2.24) is 0 Å². The van der Waals surface area contributed by atoms with Crippen LogP contribution in [0.1, 0.15) is 18.6 Å². The van der Waals surface area contributed by atoms with Gasteiger partial charge in [-0.15, -0.1) is 0 Å². The van der Waals surface area contributed by atoms with E-state index in [1.54, 1.807) is 38.2 Å². The van der Waals surface area contributed by atoms with Crippen LogP contribution in [-0.2, 0) is 4.79 Å². The minimum absolute atomic E-state index is 0.462. The third-order valence-corrected chi connectivity index (χ3v) is 1.94. The molecule has 0 heterocycles. The Morgan fingerprint density at radius 1 is 1.38 bits per heavy atom. The molecule has 0 radical (unpaired) electrons. The lowest BCUT2D eigenvalue weighted by molar-refractivity contribution is -0.107. The topological polar surface area (TPSA) is 40.5 Å². The van der Waals surface area contributed by atoms with Crippen molar-refractivity contribution in [3.63, 3.8) is 0 Å². The standard InChI is InChI=1S/C10H13NO2/c1-8(13)9-3-5-10(6-4-9)11(2)7-12/h3-8,13H,1-2H3/t8-/m0/s1. The minimum Gasteiger partial charge on any atom is -0.389 e. The molecule has 1 aromatic rings. The van der Waals surface area contributed by atoms with Gasteiger partial charge in [0.15, 0.2) is 0 Å². The molecule has 1 N–H and O–H groups in total. The van der Waals surface area contributed by atoms with Gasteiger partial charge < -0.3 is 10.0 Å². The fourth-order valence-corrected chi connectivity index (χ4v) is 1.05. The molecule has 0 spiro atoms. The fraction of sp³-hybridized carbons (Fsp3) is 0.300. The van der Waals surface area contributed by atoms with E-state index >= 15 is 0 Å². The van der Waals surface area contributed by atoms with Gasteiger partial charge in [0.1, 0.15) is 0 Å². The highest BCUT2D eigenvalue weighted by atomic mass is 16.3. The number of carbonyl (C=O) groups is 1. The molecular formula is C10H13NO2. The summed E-state index contributed by atoms with van der Waals surface area (Å²) in [6.45, 7) is 1.71. The smallest absolute Gasteiger partial charge is 0.213 e. The quantitative estimate of drug-likeness (QED) is 0.711. The molecule has 0 aromatic heterocycles. The molecular weight excluding hydrogens is 166 g/mol. The summed E-state index contributed by atoms with van der Waals surface area (Å²) >= 11 is 0. The summed E-state index contributed by atoms with van der Waals surface area (Å²) in [5.41, 5.74) is 1.67. The van der Waals surface area contributed by atoms with Crippen LogP contribution in [-0.4, -0.2) is 18.6 Å². The van der Waals surface area contributed by atoms with Crippen LogP contribution in [0.2, 0.25) is 0 Å². The van der Waals surface area contributed by atoms with Gasteiger partial charge >= 0.3 is 0 Å². The second-order valence-electron chi connectivity index (χ2n) is 2.98. The minimum atomic E-state index is -0.462. The van der Waals surface area contributed by atoms with E-state index in [0.717, 1.165) is 17.7 Å². The van der Waals surface area contributed by atoms with Gasteiger partial charge in [0.25, 0.3) is 0 Å². The van der Waals surface area contributed by atoms with Gasteiger partial charge in [-0.25, -0.2) is 0 Å². The van der Waals surface area contributed by atoms with Gasteiger partial charge in [-0.3, -0.25) is 4.79 Å². The number of nitrogens with zero attached hydrogens (tertiary/aromatic N) is 1. The molecule has 0 aliphatic heterocycles. The van der Waals surface area contributed by atoms with Crippen molar-refractivity contribution in [3.8, 4) is 0 Å². The Kier molecular flexibility index (Phi) is 3.03.